The van der Waals surface area contributed by atoms with Gasteiger partial charge in [-0.1, -0.05) is 41.4 Å². The summed E-state index contributed by atoms with van der Waals surface area (Å²) in [6.45, 7) is 0. The lowest BCUT2D eigenvalue weighted by atomic mass is 10.0. The summed E-state index contributed by atoms with van der Waals surface area (Å²) < 4.78 is 0. The van der Waals surface area contributed by atoms with Crippen molar-refractivity contribution in [2.24, 2.45) is 0 Å². The number of hydrogen-bond donors (Lipinski definition) is 1. The SMILES string of the molecule is CNC(=O)c1ccnc2cc(-c3ccc(Cl)c(Cl)c3)ccc12. The first-order chi connectivity index (χ1) is 10.6. The van der Waals surface area contributed by atoms with E-state index in [-0.39, 0.29) is 5.91 Å². The third-order valence-electron chi connectivity index (χ3n) is 3.47. The number of nitrogens with zero attached hydrogens (tertiary/aromatic N) is 1. The van der Waals surface area contributed by atoms with Gasteiger partial charge in [-0.2, -0.15) is 0 Å². The molecule has 1 amide bonds. The largest absolute Gasteiger partial charge is 0.355 e. The lowest BCUT2D eigenvalue weighted by Crippen LogP contribution is -2.18. The molecule has 0 spiro atoms. The van der Waals surface area contributed by atoms with E-state index in [1.165, 1.54) is 0 Å². The molecular weight excluding hydrogens is 319 g/mol. The molecule has 1 aromatic heterocycles. The lowest BCUT2D eigenvalue weighted by molar-refractivity contribution is 0.0964. The highest BCUT2D eigenvalue weighted by Gasteiger charge is 2.10. The standard InChI is InChI=1S/C17H12Cl2N2O/c1-20-17(22)13-6-7-21-16-9-11(2-4-12(13)16)10-3-5-14(18)15(19)8-10/h2-9H,1H3,(H,20,22). The summed E-state index contributed by atoms with van der Waals surface area (Å²) in [5, 5.41) is 4.47. The average molecular weight is 331 g/mol. The molecule has 0 saturated heterocycles. The lowest BCUT2D eigenvalue weighted by Gasteiger charge is -2.08. The summed E-state index contributed by atoms with van der Waals surface area (Å²) in [5.41, 5.74) is 3.27. The zero-order valence-electron chi connectivity index (χ0n) is 11.7. The molecule has 0 aliphatic rings. The first-order valence-electron chi connectivity index (χ1n) is 6.66. The van der Waals surface area contributed by atoms with Gasteiger partial charge < -0.3 is 5.32 Å². The molecule has 1 heterocycles. The highest BCUT2D eigenvalue weighted by atomic mass is 35.5. The van der Waals surface area contributed by atoms with Crippen LogP contribution in [-0.2, 0) is 0 Å². The van der Waals surface area contributed by atoms with Gasteiger partial charge in [0.1, 0.15) is 0 Å². The number of fused-ring (bicyclic) bond motifs is 1. The number of halogens is 2. The first-order valence-corrected chi connectivity index (χ1v) is 7.42. The van der Waals surface area contributed by atoms with Crippen molar-refractivity contribution in [3.8, 4) is 11.1 Å². The molecule has 2 aromatic carbocycles. The fourth-order valence-electron chi connectivity index (χ4n) is 2.34. The summed E-state index contributed by atoms with van der Waals surface area (Å²) in [7, 11) is 1.61. The Balaban J connectivity index is 2.14. The second-order valence-corrected chi connectivity index (χ2v) is 5.61. The van der Waals surface area contributed by atoms with Crippen LogP contribution in [0.25, 0.3) is 22.0 Å². The third kappa shape index (κ3) is 2.65. The second-order valence-electron chi connectivity index (χ2n) is 4.80. The summed E-state index contributed by atoms with van der Waals surface area (Å²) in [6.07, 6.45) is 1.63. The molecule has 0 saturated carbocycles. The van der Waals surface area contributed by atoms with Crippen LogP contribution in [0.4, 0.5) is 0 Å². The molecule has 0 radical (unpaired) electrons. The number of hydrogen-bond acceptors (Lipinski definition) is 2. The van der Waals surface area contributed by atoms with E-state index in [0.29, 0.717) is 15.6 Å². The van der Waals surface area contributed by atoms with E-state index in [1.54, 1.807) is 25.4 Å². The maximum absolute atomic E-state index is 11.9. The summed E-state index contributed by atoms with van der Waals surface area (Å²) >= 11 is 12.0. The predicted molar refractivity (Wildman–Crippen MR) is 90.6 cm³/mol. The normalized spacial score (nSPS) is 10.7. The number of carbonyl (C=O) groups excluding carboxylic acids is 1. The van der Waals surface area contributed by atoms with Crippen molar-refractivity contribution in [3.63, 3.8) is 0 Å². The van der Waals surface area contributed by atoms with E-state index in [2.05, 4.69) is 10.3 Å². The van der Waals surface area contributed by atoms with Gasteiger partial charge in [-0.25, -0.2) is 0 Å². The molecule has 5 heteroatoms. The summed E-state index contributed by atoms with van der Waals surface area (Å²) in [5.74, 6) is -0.130. The van der Waals surface area contributed by atoms with Gasteiger partial charge in [-0.05, 0) is 35.4 Å². The fraction of sp³-hybridized carbons (Fsp3) is 0.0588. The molecule has 0 unspecified atom stereocenters. The molecule has 0 aliphatic carbocycles. The van der Waals surface area contributed by atoms with Crippen molar-refractivity contribution >= 4 is 40.0 Å². The zero-order chi connectivity index (χ0) is 15.7. The van der Waals surface area contributed by atoms with Crippen molar-refractivity contribution in [1.82, 2.24) is 10.3 Å². The van der Waals surface area contributed by atoms with Crippen molar-refractivity contribution < 1.29 is 4.79 Å². The number of pyridine rings is 1. The molecular formula is C17H12Cl2N2O. The van der Waals surface area contributed by atoms with Crippen LogP contribution in [0, 0.1) is 0 Å². The quantitative estimate of drug-likeness (QED) is 0.747. The Bertz CT molecular complexity index is 878. The van der Waals surface area contributed by atoms with Gasteiger partial charge in [-0.3, -0.25) is 9.78 Å². The molecule has 0 aliphatic heterocycles. The molecule has 22 heavy (non-hydrogen) atoms. The topological polar surface area (TPSA) is 42.0 Å². The van der Waals surface area contributed by atoms with E-state index in [0.717, 1.165) is 22.0 Å². The van der Waals surface area contributed by atoms with Crippen LogP contribution in [0.1, 0.15) is 10.4 Å². The highest BCUT2D eigenvalue weighted by Crippen LogP contribution is 2.30. The van der Waals surface area contributed by atoms with Gasteiger partial charge in [0, 0.05) is 18.6 Å². The van der Waals surface area contributed by atoms with E-state index >= 15 is 0 Å². The van der Waals surface area contributed by atoms with E-state index in [1.807, 2.05) is 30.3 Å². The molecule has 0 bridgehead atoms. The molecule has 1 N–H and O–H groups in total. The van der Waals surface area contributed by atoms with Crippen molar-refractivity contribution in [1.29, 1.82) is 0 Å². The van der Waals surface area contributed by atoms with Crippen LogP contribution in [0.5, 0.6) is 0 Å². The van der Waals surface area contributed by atoms with Crippen molar-refractivity contribution in [2.75, 3.05) is 7.05 Å². The molecule has 3 aromatic rings. The minimum Gasteiger partial charge on any atom is -0.355 e. The second kappa shape index (κ2) is 5.95. The number of rotatable bonds is 2. The monoisotopic (exact) mass is 330 g/mol. The fourth-order valence-corrected chi connectivity index (χ4v) is 2.63. The molecule has 3 nitrogen and oxygen atoms in total. The van der Waals surface area contributed by atoms with Gasteiger partial charge in [0.25, 0.3) is 5.91 Å². The van der Waals surface area contributed by atoms with E-state index in [4.69, 9.17) is 23.2 Å². The highest BCUT2D eigenvalue weighted by molar-refractivity contribution is 6.42. The molecule has 3 rings (SSSR count). The van der Waals surface area contributed by atoms with Gasteiger partial charge in [-0.15, -0.1) is 0 Å². The smallest absolute Gasteiger partial charge is 0.251 e. The Kier molecular flexibility index (Phi) is 4.01. The first kappa shape index (κ1) is 14.8. The Hall–Kier alpha value is -2.10. The number of carbonyl (C=O) groups is 1. The third-order valence-corrected chi connectivity index (χ3v) is 4.21. The maximum Gasteiger partial charge on any atom is 0.251 e. The summed E-state index contributed by atoms with van der Waals surface area (Å²) in [4.78, 5) is 16.2. The minimum atomic E-state index is -0.130. The summed E-state index contributed by atoms with van der Waals surface area (Å²) in [6, 6.07) is 12.9. The Morgan fingerprint density at radius 3 is 2.45 bits per heavy atom. The van der Waals surface area contributed by atoms with Gasteiger partial charge in [0.15, 0.2) is 0 Å². The Morgan fingerprint density at radius 1 is 1.00 bits per heavy atom. The van der Waals surface area contributed by atoms with E-state index < -0.39 is 0 Å². The van der Waals surface area contributed by atoms with Crippen LogP contribution in [0.2, 0.25) is 10.0 Å². The maximum atomic E-state index is 11.9. The zero-order valence-corrected chi connectivity index (χ0v) is 13.2. The molecule has 0 fully saturated rings. The van der Waals surface area contributed by atoms with E-state index in [9.17, 15) is 4.79 Å². The van der Waals surface area contributed by atoms with Gasteiger partial charge in [0.2, 0.25) is 0 Å². The van der Waals surface area contributed by atoms with Crippen molar-refractivity contribution in [2.45, 2.75) is 0 Å². The van der Waals surface area contributed by atoms with Crippen LogP contribution < -0.4 is 5.32 Å². The van der Waals surface area contributed by atoms with Crippen LogP contribution in [-0.4, -0.2) is 17.9 Å². The van der Waals surface area contributed by atoms with Crippen LogP contribution >= 0.6 is 23.2 Å². The minimum absolute atomic E-state index is 0.130. The number of amides is 1. The number of aromatic nitrogens is 1. The van der Waals surface area contributed by atoms with Crippen LogP contribution in [0.3, 0.4) is 0 Å². The number of benzene rings is 2. The molecule has 0 atom stereocenters. The van der Waals surface area contributed by atoms with Gasteiger partial charge >= 0.3 is 0 Å². The van der Waals surface area contributed by atoms with Crippen LogP contribution in [0.15, 0.2) is 48.7 Å². The predicted octanol–water partition coefficient (Wildman–Crippen LogP) is 4.57. The molecule has 110 valence electrons. The Labute approximate surface area is 137 Å². The Morgan fingerprint density at radius 2 is 1.73 bits per heavy atom. The number of nitrogens with one attached hydrogen (secondary N) is 1. The average Bonchev–Trinajstić information content (AvgIpc) is 2.55. The van der Waals surface area contributed by atoms with Gasteiger partial charge in [0.05, 0.1) is 21.1 Å². The van der Waals surface area contributed by atoms with Crippen molar-refractivity contribution in [3.05, 3.63) is 64.3 Å².